The molecule has 0 heterocycles. The van der Waals surface area contributed by atoms with Gasteiger partial charge in [0.25, 0.3) is 0 Å². The van der Waals surface area contributed by atoms with Gasteiger partial charge in [-0.3, -0.25) is 14.5 Å². The summed E-state index contributed by atoms with van der Waals surface area (Å²) in [5.41, 5.74) is 0. The van der Waals surface area contributed by atoms with E-state index in [4.69, 9.17) is 4.89 Å². The third kappa shape index (κ3) is 5.69. The van der Waals surface area contributed by atoms with E-state index in [1.165, 1.54) is 0 Å². The number of phosphoric acid groups is 1. The largest absolute Gasteiger partial charge is 0.587 e. The van der Waals surface area contributed by atoms with Crippen molar-refractivity contribution >= 4 is 35.3 Å². The summed E-state index contributed by atoms with van der Waals surface area (Å²) in [7, 11) is 3.90. The molecule has 0 aliphatic carbocycles. The van der Waals surface area contributed by atoms with Gasteiger partial charge in [0.15, 0.2) is 0 Å². The maximum Gasteiger partial charge on any atom is 0.587 e. The van der Waals surface area contributed by atoms with Gasteiger partial charge in [-0.15, -0.1) is 0 Å². The van der Waals surface area contributed by atoms with Crippen LogP contribution in [0.3, 0.4) is 0 Å². The molecular weight excluding hydrogens is 173 g/mol. The maximum atomic E-state index is 10.3. The second kappa shape index (κ2) is 3.59. The fourth-order valence-electron chi connectivity index (χ4n) is 0.246. The molecule has 0 aromatic rings. The van der Waals surface area contributed by atoms with E-state index in [1.54, 1.807) is 0 Å². The van der Waals surface area contributed by atoms with E-state index in [2.05, 4.69) is 24.7 Å². The molecule has 0 fully saturated rings. The minimum Gasteiger partial charge on any atom is -0.373 e. The van der Waals surface area contributed by atoms with Gasteiger partial charge in [-0.1, -0.05) is 0 Å². The Labute approximate surface area is 64.3 Å². The van der Waals surface area contributed by atoms with Crippen LogP contribution in [-0.2, 0) is 13.6 Å². The molecule has 0 bridgehead atoms. The molecule has 0 aromatic carbocycles. The Morgan fingerprint density at radius 2 is 1.45 bits per heavy atom. The highest BCUT2D eigenvalue weighted by molar-refractivity contribution is 7.49. The summed E-state index contributed by atoms with van der Waals surface area (Å²) in [5, 5.41) is 0. The van der Waals surface area contributed by atoms with Crippen molar-refractivity contribution in [1.29, 1.82) is 0 Å². The first-order valence-corrected chi connectivity index (χ1v) is 3.64. The number of hydrogen-bond donors (Lipinski definition) is 1. The van der Waals surface area contributed by atoms with Gasteiger partial charge in [-0.05, 0) is 0 Å². The Morgan fingerprint density at radius 3 is 1.64 bits per heavy atom. The van der Waals surface area contributed by atoms with Crippen LogP contribution in [0.15, 0.2) is 0 Å². The highest BCUT2D eigenvalue weighted by Crippen LogP contribution is 2.43. The van der Waals surface area contributed by atoms with Gasteiger partial charge in [0.05, 0.1) is 0 Å². The van der Waals surface area contributed by atoms with Gasteiger partial charge in [-0.25, -0.2) is 4.57 Å². The summed E-state index contributed by atoms with van der Waals surface area (Å²) in [6.45, 7) is 0. The van der Waals surface area contributed by atoms with Crippen molar-refractivity contribution in [3.63, 3.8) is 0 Å². The van der Waals surface area contributed by atoms with Crippen LogP contribution >= 0.6 is 7.82 Å². The topological polar surface area (TPSA) is 89.9 Å². The Bertz CT molecular complexity index is 205. The Hall–Kier alpha value is -0.740. The molecule has 0 atom stereocenters. The number of hydrogen-bond acceptors (Lipinski definition) is 5. The highest BCUT2D eigenvalue weighted by atomic mass is 31.2. The van der Waals surface area contributed by atoms with Crippen molar-refractivity contribution in [3.05, 3.63) is 0 Å². The molecule has 6 nitrogen and oxygen atoms in total. The van der Waals surface area contributed by atoms with Crippen molar-refractivity contribution in [2.75, 3.05) is 0 Å². The summed E-state index contributed by atoms with van der Waals surface area (Å²) >= 11 is 0. The Balaban J connectivity index is 4.12. The van der Waals surface area contributed by atoms with Crippen molar-refractivity contribution in [2.24, 2.45) is 0 Å². The van der Waals surface area contributed by atoms with E-state index in [0.717, 1.165) is 0 Å². The SMILES string of the molecule is [B]C(=O)OP(=O)(O)OC([B])=O. The molecule has 0 unspecified atom stereocenters. The predicted octanol–water partition coefficient (Wildman–Crippen LogP) is -0.303. The lowest BCUT2D eigenvalue weighted by Gasteiger charge is -2.08. The van der Waals surface area contributed by atoms with Crippen LogP contribution < -0.4 is 0 Å². The van der Waals surface area contributed by atoms with E-state index < -0.39 is 19.6 Å². The highest BCUT2D eigenvalue weighted by Gasteiger charge is 2.26. The van der Waals surface area contributed by atoms with Gasteiger partial charge in [0.1, 0.15) is 0 Å². The van der Waals surface area contributed by atoms with Crippen LogP contribution in [0.5, 0.6) is 0 Å². The first kappa shape index (κ1) is 10.3. The lowest BCUT2D eigenvalue weighted by Crippen LogP contribution is -2.05. The van der Waals surface area contributed by atoms with Crippen LogP contribution in [0.1, 0.15) is 0 Å². The lowest BCUT2D eigenvalue weighted by atomic mass is 10.2. The molecule has 9 heteroatoms. The molecule has 0 spiro atoms. The van der Waals surface area contributed by atoms with Crippen molar-refractivity contribution < 1.29 is 28.1 Å². The van der Waals surface area contributed by atoms with Gasteiger partial charge >= 0.3 is 7.82 Å². The third-order valence-corrected chi connectivity index (χ3v) is 1.23. The minimum atomic E-state index is -4.75. The lowest BCUT2D eigenvalue weighted by molar-refractivity contribution is 0.180. The Morgan fingerprint density at radius 1 is 1.18 bits per heavy atom. The predicted molar refractivity (Wildman–Crippen MR) is 34.3 cm³/mol. The molecule has 0 aliphatic heterocycles. The van der Waals surface area contributed by atoms with Crippen LogP contribution in [0.4, 0.5) is 9.59 Å². The molecule has 1 N–H and O–H groups in total. The second-order valence-corrected chi connectivity index (χ2v) is 2.59. The quantitative estimate of drug-likeness (QED) is 0.456. The maximum absolute atomic E-state index is 10.3. The normalized spacial score (nSPS) is 10.3. The molecule has 0 saturated carbocycles. The number of carbonyl (C=O) groups excluding carboxylic acids is 2. The minimum absolute atomic E-state index is 1.54. The van der Waals surface area contributed by atoms with Gasteiger partial charge in [0, 0.05) is 0 Å². The van der Waals surface area contributed by atoms with Gasteiger partial charge < -0.3 is 9.05 Å². The number of carbonyl (C=O) groups is 2. The average Bonchev–Trinajstić information content (AvgIpc) is 1.53. The first-order chi connectivity index (χ1) is 4.83. The zero-order chi connectivity index (χ0) is 9.07. The second-order valence-electron chi connectivity index (χ2n) is 1.29. The number of phosphoric ester groups is 1. The average molecular weight is 174 g/mol. The van der Waals surface area contributed by atoms with Crippen LogP contribution in [0, 0.1) is 0 Å². The van der Waals surface area contributed by atoms with Crippen molar-refractivity contribution in [2.45, 2.75) is 0 Å². The summed E-state index contributed by atoms with van der Waals surface area (Å²) in [5.74, 6) is -3.09. The summed E-state index contributed by atoms with van der Waals surface area (Å²) < 4.78 is 17.3. The van der Waals surface area contributed by atoms with Gasteiger partial charge in [-0.2, -0.15) is 0 Å². The first-order valence-electron chi connectivity index (χ1n) is 2.14. The molecule has 0 saturated heterocycles. The molecule has 0 amide bonds. The van der Waals surface area contributed by atoms with E-state index in [1.807, 2.05) is 0 Å². The zero-order valence-corrected chi connectivity index (χ0v) is 5.98. The van der Waals surface area contributed by atoms with Crippen molar-refractivity contribution in [1.82, 2.24) is 0 Å². The Kier molecular flexibility index (Phi) is 3.35. The van der Waals surface area contributed by atoms with E-state index in [-0.39, 0.29) is 0 Å². The third-order valence-electron chi connectivity index (χ3n) is 0.411. The molecule has 0 rings (SSSR count). The molecule has 11 heavy (non-hydrogen) atoms. The monoisotopic (exact) mass is 174 g/mol. The molecule has 0 aromatic heterocycles. The van der Waals surface area contributed by atoms with E-state index in [9.17, 15) is 14.2 Å². The summed E-state index contributed by atoms with van der Waals surface area (Å²) in [4.78, 5) is 28.0. The van der Waals surface area contributed by atoms with Crippen LogP contribution in [0.2, 0.25) is 0 Å². The fourth-order valence-corrected chi connectivity index (χ4v) is 0.738. The smallest absolute Gasteiger partial charge is 0.373 e. The molecule has 56 valence electrons. The van der Waals surface area contributed by atoms with E-state index >= 15 is 0 Å². The van der Waals surface area contributed by atoms with E-state index in [0.29, 0.717) is 0 Å². The molecule has 4 radical (unpaired) electrons. The van der Waals surface area contributed by atoms with Crippen molar-refractivity contribution in [3.8, 4) is 0 Å². The zero-order valence-electron chi connectivity index (χ0n) is 5.09. The molecule has 0 aliphatic rings. The number of rotatable bonds is 2. The van der Waals surface area contributed by atoms with Crippen LogP contribution in [-0.4, -0.2) is 32.3 Å². The molecular formula is C2HB2O6P. The van der Waals surface area contributed by atoms with Gasteiger partial charge in [0.2, 0.25) is 27.4 Å². The van der Waals surface area contributed by atoms with Crippen LogP contribution in [0.25, 0.3) is 0 Å². The standard InChI is InChI=1S/C2HB2O6P/c3-1(5)9-11(7,8)10-2(4)6/h(H,7,8). The summed E-state index contributed by atoms with van der Waals surface area (Å²) in [6, 6.07) is 0. The summed E-state index contributed by atoms with van der Waals surface area (Å²) in [6.07, 6.45) is 0. The fraction of sp³-hybridized carbons (Fsp3) is 0.